The topological polar surface area (TPSA) is 129 Å². The molecule has 1 aliphatic rings. The second-order valence-electron chi connectivity index (χ2n) is 4.43. The fourth-order valence-electron chi connectivity index (χ4n) is 2.09. The van der Waals surface area contributed by atoms with Crippen LogP contribution in [-0.4, -0.2) is 52.4 Å². The molecule has 0 aliphatic carbocycles. The Morgan fingerprint density at radius 1 is 1.68 bits per heavy atom. The summed E-state index contributed by atoms with van der Waals surface area (Å²) in [6.07, 6.45) is 0.901. The highest BCUT2D eigenvalue weighted by atomic mass is 32.2. The van der Waals surface area contributed by atoms with E-state index < -0.39 is 28.1 Å². The van der Waals surface area contributed by atoms with Gasteiger partial charge in [-0.3, -0.25) is 4.79 Å². The molecule has 0 bridgehead atoms. The summed E-state index contributed by atoms with van der Waals surface area (Å²) in [6, 6.07) is -1.02. The van der Waals surface area contributed by atoms with Crippen LogP contribution in [0.5, 0.6) is 0 Å². The summed E-state index contributed by atoms with van der Waals surface area (Å²) in [6.45, 7) is 1.69. The predicted octanol–water partition coefficient (Wildman–Crippen LogP) is -1.42. The number of rotatable bonds is 4. The second kappa shape index (κ2) is 4.91. The van der Waals surface area contributed by atoms with E-state index in [0.717, 1.165) is 4.31 Å². The number of aromatic nitrogens is 2. The van der Waals surface area contributed by atoms with Crippen LogP contribution < -0.4 is 5.73 Å². The molecule has 1 fully saturated rings. The number of hydrogen-bond acceptors (Lipinski definition) is 5. The first-order valence-corrected chi connectivity index (χ1v) is 7.33. The lowest BCUT2D eigenvalue weighted by atomic mass is 10.2. The van der Waals surface area contributed by atoms with Crippen LogP contribution in [0.1, 0.15) is 19.2 Å². The van der Waals surface area contributed by atoms with Crippen molar-refractivity contribution in [3.05, 3.63) is 12.0 Å². The first-order valence-electron chi connectivity index (χ1n) is 5.89. The van der Waals surface area contributed by atoms with Gasteiger partial charge in [0.1, 0.15) is 11.9 Å². The number of aliphatic hydroxyl groups is 1. The summed E-state index contributed by atoms with van der Waals surface area (Å²) >= 11 is 0. The zero-order chi connectivity index (χ0) is 14.2. The molecule has 1 aliphatic heterocycles. The molecule has 0 aromatic carbocycles. The van der Waals surface area contributed by atoms with E-state index in [9.17, 15) is 18.3 Å². The highest BCUT2D eigenvalue weighted by Crippen LogP contribution is 2.25. The van der Waals surface area contributed by atoms with Crippen molar-refractivity contribution in [3.8, 4) is 0 Å². The second-order valence-corrected chi connectivity index (χ2v) is 6.29. The lowest BCUT2D eigenvalue weighted by molar-refractivity contribution is -0.121. The summed E-state index contributed by atoms with van der Waals surface area (Å²) in [5.74, 6) is -0.232. The van der Waals surface area contributed by atoms with Crippen LogP contribution >= 0.6 is 0 Å². The number of aliphatic hydroxyl groups excluding tert-OH is 1. The van der Waals surface area contributed by atoms with Gasteiger partial charge >= 0.3 is 0 Å². The van der Waals surface area contributed by atoms with E-state index in [-0.39, 0.29) is 18.0 Å². The van der Waals surface area contributed by atoms with E-state index in [0.29, 0.717) is 12.2 Å². The summed E-state index contributed by atoms with van der Waals surface area (Å²) < 4.78 is 25.6. The smallest absolute Gasteiger partial charge is 0.260 e. The zero-order valence-corrected chi connectivity index (χ0v) is 11.2. The third-order valence-electron chi connectivity index (χ3n) is 3.09. The SMILES string of the molecule is CCc1ncc(S(=O)(=O)N2CC(O)CC2C(N)=O)[nH]1. The average Bonchev–Trinajstić information content (AvgIpc) is 2.94. The molecule has 8 nitrogen and oxygen atoms in total. The number of primary amides is 1. The Labute approximate surface area is 110 Å². The Kier molecular flexibility index (Phi) is 3.61. The van der Waals surface area contributed by atoms with Gasteiger partial charge in [-0.1, -0.05) is 6.92 Å². The van der Waals surface area contributed by atoms with Crippen LogP contribution in [0.4, 0.5) is 0 Å². The highest BCUT2D eigenvalue weighted by molar-refractivity contribution is 7.89. The maximum absolute atomic E-state index is 12.4. The molecule has 106 valence electrons. The number of nitrogens with one attached hydrogen (secondary N) is 1. The van der Waals surface area contributed by atoms with Crippen molar-refractivity contribution >= 4 is 15.9 Å². The third-order valence-corrected chi connectivity index (χ3v) is 4.87. The van der Waals surface area contributed by atoms with Crippen LogP contribution in [0.25, 0.3) is 0 Å². The quantitative estimate of drug-likeness (QED) is 0.626. The van der Waals surface area contributed by atoms with Crippen molar-refractivity contribution in [1.82, 2.24) is 14.3 Å². The van der Waals surface area contributed by atoms with Crippen LogP contribution in [0.2, 0.25) is 0 Å². The van der Waals surface area contributed by atoms with Crippen LogP contribution in [0.3, 0.4) is 0 Å². The van der Waals surface area contributed by atoms with E-state index in [1.165, 1.54) is 6.20 Å². The lowest BCUT2D eigenvalue weighted by Gasteiger charge is -2.20. The molecule has 2 unspecified atom stereocenters. The summed E-state index contributed by atoms with van der Waals surface area (Å²) in [5, 5.41) is 9.45. The first-order chi connectivity index (χ1) is 8.86. The maximum atomic E-state index is 12.4. The van der Waals surface area contributed by atoms with E-state index in [2.05, 4.69) is 9.97 Å². The minimum absolute atomic E-state index is 0.0172. The number of aryl methyl sites for hydroxylation is 1. The Bertz CT molecular complexity index is 582. The molecule has 0 saturated carbocycles. The van der Waals surface area contributed by atoms with Gasteiger partial charge in [0.25, 0.3) is 10.0 Å². The van der Waals surface area contributed by atoms with Gasteiger partial charge in [-0.25, -0.2) is 13.4 Å². The molecule has 4 N–H and O–H groups in total. The number of nitrogens with two attached hydrogens (primary N) is 1. The van der Waals surface area contributed by atoms with Gasteiger partial charge in [-0.15, -0.1) is 0 Å². The highest BCUT2D eigenvalue weighted by Gasteiger charge is 2.43. The number of carbonyl (C=O) groups excluding carboxylic acids is 1. The minimum Gasteiger partial charge on any atom is -0.392 e. The van der Waals surface area contributed by atoms with E-state index >= 15 is 0 Å². The number of nitrogens with zero attached hydrogens (tertiary/aromatic N) is 2. The number of carbonyl (C=O) groups is 1. The largest absolute Gasteiger partial charge is 0.392 e. The molecule has 0 radical (unpaired) electrons. The van der Waals surface area contributed by atoms with Gasteiger partial charge in [-0.2, -0.15) is 4.31 Å². The number of aromatic amines is 1. The number of imidazole rings is 1. The Morgan fingerprint density at radius 3 is 2.89 bits per heavy atom. The molecule has 1 amide bonds. The molecular weight excluding hydrogens is 272 g/mol. The van der Waals surface area contributed by atoms with E-state index in [4.69, 9.17) is 5.73 Å². The number of H-pyrrole nitrogens is 1. The Morgan fingerprint density at radius 2 is 2.37 bits per heavy atom. The average molecular weight is 288 g/mol. The monoisotopic (exact) mass is 288 g/mol. The zero-order valence-electron chi connectivity index (χ0n) is 10.4. The molecule has 1 aromatic rings. The molecule has 2 atom stereocenters. The number of amides is 1. The molecule has 2 rings (SSSR count). The molecular formula is C10H16N4O4S. The Hall–Kier alpha value is -1.45. The predicted molar refractivity (Wildman–Crippen MR) is 65.5 cm³/mol. The summed E-state index contributed by atoms with van der Waals surface area (Å²) in [4.78, 5) is 17.9. The van der Waals surface area contributed by atoms with Gasteiger partial charge in [0, 0.05) is 19.4 Å². The summed E-state index contributed by atoms with van der Waals surface area (Å²) in [5.41, 5.74) is 5.17. The Balaban J connectivity index is 2.35. The summed E-state index contributed by atoms with van der Waals surface area (Å²) in [7, 11) is -3.90. The number of sulfonamides is 1. The van der Waals surface area contributed by atoms with Gasteiger partial charge in [0.15, 0.2) is 5.03 Å². The molecule has 1 saturated heterocycles. The molecule has 2 heterocycles. The minimum atomic E-state index is -3.90. The van der Waals surface area contributed by atoms with Crippen molar-refractivity contribution < 1.29 is 18.3 Å². The normalized spacial score (nSPS) is 24.7. The lowest BCUT2D eigenvalue weighted by Crippen LogP contribution is -2.43. The van der Waals surface area contributed by atoms with Crippen molar-refractivity contribution in [3.63, 3.8) is 0 Å². The van der Waals surface area contributed by atoms with Crippen LogP contribution in [0.15, 0.2) is 11.2 Å². The van der Waals surface area contributed by atoms with Gasteiger partial charge in [0.2, 0.25) is 5.91 Å². The van der Waals surface area contributed by atoms with Crippen molar-refractivity contribution in [2.45, 2.75) is 36.9 Å². The fraction of sp³-hybridized carbons (Fsp3) is 0.600. The third kappa shape index (κ3) is 2.48. The van der Waals surface area contributed by atoms with Gasteiger partial charge in [0.05, 0.1) is 12.3 Å². The van der Waals surface area contributed by atoms with Crippen molar-refractivity contribution in [1.29, 1.82) is 0 Å². The molecule has 9 heteroatoms. The van der Waals surface area contributed by atoms with Crippen LogP contribution in [0, 0.1) is 0 Å². The number of hydrogen-bond donors (Lipinski definition) is 3. The maximum Gasteiger partial charge on any atom is 0.260 e. The molecule has 19 heavy (non-hydrogen) atoms. The van der Waals surface area contributed by atoms with Crippen LogP contribution in [-0.2, 0) is 21.2 Å². The van der Waals surface area contributed by atoms with Crippen molar-refractivity contribution in [2.24, 2.45) is 5.73 Å². The van der Waals surface area contributed by atoms with E-state index in [1.807, 2.05) is 6.92 Å². The van der Waals surface area contributed by atoms with Crippen molar-refractivity contribution in [2.75, 3.05) is 6.54 Å². The number of β-amino-alcohol motifs (C(OH)–C–C–N with tert-alkyl or cyclic N) is 1. The first kappa shape index (κ1) is 14.0. The standard InChI is InChI=1S/C10H16N4O4S/c1-2-8-12-4-9(13-8)19(17,18)14-5-6(15)3-7(14)10(11)16/h4,6-7,15H,2-3,5H2,1H3,(H2,11,16)(H,12,13). The molecule has 1 aromatic heterocycles. The molecule has 0 spiro atoms. The van der Waals surface area contributed by atoms with Gasteiger partial charge < -0.3 is 15.8 Å². The van der Waals surface area contributed by atoms with Gasteiger partial charge in [-0.05, 0) is 0 Å². The van der Waals surface area contributed by atoms with E-state index in [1.54, 1.807) is 0 Å². The fourth-order valence-corrected chi connectivity index (χ4v) is 3.67.